The Labute approximate surface area is 151 Å². The number of rotatable bonds is 4. The van der Waals surface area contributed by atoms with Crippen molar-refractivity contribution in [3.8, 4) is 5.75 Å². The van der Waals surface area contributed by atoms with E-state index in [1.807, 2.05) is 0 Å². The molecular formula is C14H21BrClFN2O3S. The maximum Gasteiger partial charge on any atom is 0.247 e. The minimum absolute atomic E-state index is 0. The third-order valence-electron chi connectivity index (χ3n) is 3.90. The number of nitrogens with two attached hydrogens (primary N) is 1. The quantitative estimate of drug-likeness (QED) is 0.795. The van der Waals surface area contributed by atoms with Crippen LogP contribution in [0.1, 0.15) is 26.2 Å². The topological polar surface area (TPSA) is 72.6 Å². The number of hydrogen-bond donors (Lipinski definition) is 1. The number of piperidine rings is 1. The van der Waals surface area contributed by atoms with Crippen molar-refractivity contribution in [2.75, 3.05) is 13.7 Å². The van der Waals surface area contributed by atoms with E-state index in [0.29, 0.717) is 13.0 Å². The number of nitrogens with zero attached hydrogens (tertiary/aromatic N) is 1. The smallest absolute Gasteiger partial charge is 0.247 e. The molecule has 1 fully saturated rings. The molecule has 2 unspecified atom stereocenters. The molecule has 5 nitrogen and oxygen atoms in total. The molecule has 0 amide bonds. The standard InChI is InChI=1S/C14H20BrFN2O3S.ClH/c1-9(17)12-5-3-4-6-18(12)22(19,20)14-8-11(16)10(15)7-13(14)21-2;/h7-9,12H,3-6,17H2,1-2H3;1H. The summed E-state index contributed by atoms with van der Waals surface area (Å²) in [6.07, 6.45) is 2.41. The molecule has 1 aliphatic rings. The first-order valence-electron chi connectivity index (χ1n) is 7.09. The second-order valence-electron chi connectivity index (χ2n) is 5.46. The van der Waals surface area contributed by atoms with Crippen molar-refractivity contribution in [2.24, 2.45) is 5.73 Å². The zero-order valence-electron chi connectivity index (χ0n) is 13.0. The lowest BCUT2D eigenvalue weighted by Crippen LogP contribution is -2.51. The monoisotopic (exact) mass is 430 g/mol. The summed E-state index contributed by atoms with van der Waals surface area (Å²) in [7, 11) is -2.51. The van der Waals surface area contributed by atoms with Gasteiger partial charge in [-0.15, -0.1) is 12.4 Å². The van der Waals surface area contributed by atoms with Crippen molar-refractivity contribution >= 4 is 38.4 Å². The molecule has 0 bridgehead atoms. The molecular weight excluding hydrogens is 411 g/mol. The van der Waals surface area contributed by atoms with E-state index >= 15 is 0 Å². The van der Waals surface area contributed by atoms with Crippen molar-refractivity contribution in [3.05, 3.63) is 22.4 Å². The number of ether oxygens (including phenoxy) is 1. The van der Waals surface area contributed by atoms with Gasteiger partial charge in [0.15, 0.2) is 0 Å². The maximum absolute atomic E-state index is 13.8. The molecule has 2 N–H and O–H groups in total. The summed E-state index contributed by atoms with van der Waals surface area (Å²) in [5.41, 5.74) is 5.94. The summed E-state index contributed by atoms with van der Waals surface area (Å²) in [6.45, 7) is 2.17. The van der Waals surface area contributed by atoms with Crippen molar-refractivity contribution in [3.63, 3.8) is 0 Å². The van der Waals surface area contributed by atoms with Gasteiger partial charge in [-0.25, -0.2) is 12.8 Å². The fourth-order valence-electron chi connectivity index (χ4n) is 2.75. The Morgan fingerprint density at radius 3 is 2.65 bits per heavy atom. The predicted molar refractivity (Wildman–Crippen MR) is 93.1 cm³/mol. The Bertz CT molecular complexity index is 658. The van der Waals surface area contributed by atoms with Crippen molar-refractivity contribution in [1.82, 2.24) is 4.31 Å². The van der Waals surface area contributed by atoms with Crippen LogP contribution in [0.15, 0.2) is 21.5 Å². The Morgan fingerprint density at radius 2 is 2.09 bits per heavy atom. The summed E-state index contributed by atoms with van der Waals surface area (Å²) >= 11 is 3.04. The van der Waals surface area contributed by atoms with Gasteiger partial charge in [0.1, 0.15) is 16.5 Å². The molecule has 23 heavy (non-hydrogen) atoms. The highest BCUT2D eigenvalue weighted by Crippen LogP contribution is 2.34. The zero-order chi connectivity index (χ0) is 16.5. The Kier molecular flexibility index (Phi) is 7.28. The lowest BCUT2D eigenvalue weighted by Gasteiger charge is -2.37. The number of sulfonamides is 1. The highest BCUT2D eigenvalue weighted by Gasteiger charge is 2.37. The SMILES string of the molecule is COc1cc(Br)c(F)cc1S(=O)(=O)N1CCCCC1C(C)N.Cl. The lowest BCUT2D eigenvalue weighted by atomic mass is 10.00. The molecule has 0 radical (unpaired) electrons. The summed E-state index contributed by atoms with van der Waals surface area (Å²) in [4.78, 5) is -0.164. The van der Waals surface area contributed by atoms with Crippen LogP contribution in [-0.2, 0) is 10.0 Å². The van der Waals surface area contributed by atoms with Crippen molar-refractivity contribution < 1.29 is 17.5 Å². The van der Waals surface area contributed by atoms with Crippen LogP contribution in [-0.4, -0.2) is 38.5 Å². The van der Waals surface area contributed by atoms with Gasteiger partial charge in [0.05, 0.1) is 11.6 Å². The van der Waals surface area contributed by atoms with Crippen LogP contribution in [0.3, 0.4) is 0 Å². The fraction of sp³-hybridized carbons (Fsp3) is 0.571. The average Bonchev–Trinajstić information content (AvgIpc) is 2.49. The second-order valence-corrected chi connectivity index (χ2v) is 8.17. The van der Waals surface area contributed by atoms with Gasteiger partial charge in [0.2, 0.25) is 10.0 Å². The van der Waals surface area contributed by atoms with Crippen LogP contribution < -0.4 is 10.5 Å². The number of halogens is 3. The summed E-state index contributed by atoms with van der Waals surface area (Å²) in [6, 6.07) is 1.74. The lowest BCUT2D eigenvalue weighted by molar-refractivity contribution is 0.226. The minimum Gasteiger partial charge on any atom is -0.495 e. The molecule has 1 heterocycles. The molecule has 1 saturated heterocycles. The first kappa shape index (κ1) is 20.6. The van der Waals surface area contributed by atoms with Crippen LogP contribution in [0.25, 0.3) is 0 Å². The summed E-state index contributed by atoms with van der Waals surface area (Å²) < 4.78 is 46.4. The molecule has 1 aromatic carbocycles. The molecule has 1 aromatic rings. The Balaban J connectivity index is 0.00000264. The van der Waals surface area contributed by atoms with Crippen molar-refractivity contribution in [2.45, 2.75) is 43.2 Å². The molecule has 0 spiro atoms. The van der Waals surface area contributed by atoms with E-state index in [0.717, 1.165) is 18.9 Å². The zero-order valence-corrected chi connectivity index (χ0v) is 16.2. The third-order valence-corrected chi connectivity index (χ3v) is 6.45. The maximum atomic E-state index is 13.8. The van der Waals surface area contributed by atoms with E-state index in [2.05, 4.69) is 15.9 Å². The minimum atomic E-state index is -3.87. The third kappa shape index (κ3) is 4.17. The van der Waals surface area contributed by atoms with Gasteiger partial charge in [-0.05, 0) is 47.8 Å². The summed E-state index contributed by atoms with van der Waals surface area (Å²) in [5, 5.41) is 0. The van der Waals surface area contributed by atoms with E-state index in [1.165, 1.54) is 17.5 Å². The van der Waals surface area contributed by atoms with E-state index in [4.69, 9.17) is 10.5 Å². The number of hydrogen-bond acceptors (Lipinski definition) is 4. The largest absolute Gasteiger partial charge is 0.495 e. The highest BCUT2D eigenvalue weighted by atomic mass is 79.9. The van der Waals surface area contributed by atoms with Gasteiger partial charge in [0.25, 0.3) is 0 Å². The first-order valence-corrected chi connectivity index (χ1v) is 9.32. The van der Waals surface area contributed by atoms with E-state index in [9.17, 15) is 12.8 Å². The van der Waals surface area contributed by atoms with Crippen LogP contribution in [0, 0.1) is 5.82 Å². The van der Waals surface area contributed by atoms with Gasteiger partial charge in [-0.3, -0.25) is 0 Å². The average molecular weight is 432 g/mol. The predicted octanol–water partition coefficient (Wildman–Crippen LogP) is 2.91. The highest BCUT2D eigenvalue weighted by molar-refractivity contribution is 9.10. The molecule has 1 aliphatic heterocycles. The van der Waals surface area contributed by atoms with Crippen LogP contribution >= 0.6 is 28.3 Å². The number of benzene rings is 1. The van der Waals surface area contributed by atoms with Gasteiger partial charge < -0.3 is 10.5 Å². The second kappa shape index (κ2) is 8.11. The normalized spacial score (nSPS) is 20.7. The van der Waals surface area contributed by atoms with Crippen LogP contribution in [0.4, 0.5) is 4.39 Å². The summed E-state index contributed by atoms with van der Waals surface area (Å²) in [5.74, 6) is -0.531. The molecule has 9 heteroatoms. The molecule has 2 atom stereocenters. The van der Waals surface area contributed by atoms with Gasteiger partial charge in [0, 0.05) is 18.6 Å². The molecule has 132 valence electrons. The van der Waals surface area contributed by atoms with Crippen molar-refractivity contribution in [1.29, 1.82) is 0 Å². The Morgan fingerprint density at radius 1 is 1.43 bits per heavy atom. The van der Waals surface area contributed by atoms with Gasteiger partial charge in [-0.2, -0.15) is 4.31 Å². The molecule has 0 aromatic heterocycles. The number of methoxy groups -OCH3 is 1. The Hall–Kier alpha value is -0.410. The van der Waals surface area contributed by atoms with Gasteiger partial charge >= 0.3 is 0 Å². The molecule has 0 saturated carbocycles. The molecule has 2 rings (SSSR count). The van der Waals surface area contributed by atoms with Crippen LogP contribution in [0.5, 0.6) is 5.75 Å². The van der Waals surface area contributed by atoms with E-state index in [-0.39, 0.29) is 39.6 Å². The van der Waals surface area contributed by atoms with E-state index < -0.39 is 15.8 Å². The van der Waals surface area contributed by atoms with Gasteiger partial charge in [-0.1, -0.05) is 6.42 Å². The first-order chi connectivity index (χ1) is 10.3. The van der Waals surface area contributed by atoms with Crippen LogP contribution in [0.2, 0.25) is 0 Å². The molecule has 0 aliphatic carbocycles. The fourth-order valence-corrected chi connectivity index (χ4v) is 5.00. The van der Waals surface area contributed by atoms with E-state index in [1.54, 1.807) is 6.92 Å².